The van der Waals surface area contributed by atoms with Crippen LogP contribution in [-0.2, 0) is 14.3 Å². The molecular formula is C22H24N2O3. The molecule has 1 heterocycles. The first-order chi connectivity index (χ1) is 13.0. The normalized spacial score (nSPS) is 14.3. The molecule has 3 rings (SSSR count). The summed E-state index contributed by atoms with van der Waals surface area (Å²) >= 11 is 0. The predicted molar refractivity (Wildman–Crippen MR) is 106 cm³/mol. The third-order valence-electron chi connectivity index (χ3n) is 4.60. The molecule has 0 bridgehead atoms. The average molecular weight is 364 g/mol. The Morgan fingerprint density at radius 1 is 1.00 bits per heavy atom. The maximum atomic E-state index is 13.0. The number of ether oxygens (including phenoxy) is 1. The van der Waals surface area contributed by atoms with Crippen molar-refractivity contribution in [3.05, 3.63) is 70.9 Å². The van der Waals surface area contributed by atoms with E-state index in [0.29, 0.717) is 30.8 Å². The van der Waals surface area contributed by atoms with Gasteiger partial charge < -0.3 is 10.1 Å². The van der Waals surface area contributed by atoms with Crippen LogP contribution in [0.3, 0.4) is 0 Å². The standard InChI is InChI=1S/C22H24N2O3/c1-15-10-11-18(16(2)14-15)23-20-19(17-8-5-4-6-9-17)21(25)24(22(20)26)12-7-13-27-3/h4-6,8-11,14,23H,7,12-13H2,1-3H3. The number of nitrogens with one attached hydrogen (secondary N) is 1. The van der Waals surface area contributed by atoms with E-state index in [4.69, 9.17) is 4.74 Å². The van der Waals surface area contributed by atoms with E-state index >= 15 is 0 Å². The molecule has 0 fully saturated rings. The van der Waals surface area contributed by atoms with Crippen LogP contribution in [0.5, 0.6) is 0 Å². The van der Waals surface area contributed by atoms with E-state index in [2.05, 4.69) is 5.32 Å². The lowest BCUT2D eigenvalue weighted by atomic mass is 10.0. The molecule has 0 spiro atoms. The van der Waals surface area contributed by atoms with Crippen LogP contribution in [0.1, 0.15) is 23.1 Å². The topological polar surface area (TPSA) is 58.6 Å². The van der Waals surface area contributed by atoms with Gasteiger partial charge in [-0.15, -0.1) is 0 Å². The molecule has 0 aromatic heterocycles. The summed E-state index contributed by atoms with van der Waals surface area (Å²) in [5, 5.41) is 3.22. The van der Waals surface area contributed by atoms with Crippen LogP contribution in [0.15, 0.2) is 54.2 Å². The molecule has 0 saturated heterocycles. The van der Waals surface area contributed by atoms with Gasteiger partial charge in [-0.25, -0.2) is 0 Å². The van der Waals surface area contributed by atoms with Crippen molar-refractivity contribution >= 4 is 23.1 Å². The number of imide groups is 1. The van der Waals surface area contributed by atoms with E-state index in [1.54, 1.807) is 7.11 Å². The van der Waals surface area contributed by atoms with Crippen LogP contribution in [0.25, 0.3) is 5.57 Å². The maximum absolute atomic E-state index is 13.0. The van der Waals surface area contributed by atoms with Crippen molar-refractivity contribution in [1.29, 1.82) is 0 Å². The Hall–Kier alpha value is -2.92. The van der Waals surface area contributed by atoms with Gasteiger partial charge in [-0.1, -0.05) is 48.0 Å². The van der Waals surface area contributed by atoms with Gasteiger partial charge in [0.1, 0.15) is 5.70 Å². The molecule has 5 heteroatoms. The Kier molecular flexibility index (Phi) is 5.72. The molecule has 0 unspecified atom stereocenters. The van der Waals surface area contributed by atoms with Gasteiger partial charge in [0.25, 0.3) is 11.8 Å². The highest BCUT2D eigenvalue weighted by Gasteiger charge is 2.38. The van der Waals surface area contributed by atoms with Crippen LogP contribution >= 0.6 is 0 Å². The zero-order chi connectivity index (χ0) is 19.4. The molecular weight excluding hydrogens is 340 g/mol. The molecule has 1 N–H and O–H groups in total. The minimum Gasteiger partial charge on any atom is -0.385 e. The van der Waals surface area contributed by atoms with Crippen molar-refractivity contribution in [2.75, 3.05) is 25.6 Å². The van der Waals surface area contributed by atoms with Gasteiger partial charge in [0.2, 0.25) is 0 Å². The largest absolute Gasteiger partial charge is 0.385 e. The number of methoxy groups -OCH3 is 1. The average Bonchev–Trinajstić information content (AvgIpc) is 2.89. The maximum Gasteiger partial charge on any atom is 0.278 e. The number of hydrogen-bond donors (Lipinski definition) is 1. The minimum absolute atomic E-state index is 0.269. The van der Waals surface area contributed by atoms with Crippen LogP contribution in [0, 0.1) is 13.8 Å². The second-order valence-corrected chi connectivity index (χ2v) is 6.67. The molecule has 1 aliphatic rings. The third kappa shape index (κ3) is 3.93. The lowest BCUT2D eigenvalue weighted by Crippen LogP contribution is -2.34. The smallest absolute Gasteiger partial charge is 0.278 e. The number of nitrogens with zero attached hydrogens (tertiary/aromatic N) is 1. The van der Waals surface area contributed by atoms with Gasteiger partial charge in [-0.3, -0.25) is 14.5 Å². The highest BCUT2D eigenvalue weighted by molar-refractivity contribution is 6.36. The van der Waals surface area contributed by atoms with Crippen LogP contribution in [0.4, 0.5) is 5.69 Å². The van der Waals surface area contributed by atoms with Crippen LogP contribution in [0.2, 0.25) is 0 Å². The molecule has 0 aliphatic carbocycles. The van der Waals surface area contributed by atoms with Crippen LogP contribution < -0.4 is 5.32 Å². The molecule has 27 heavy (non-hydrogen) atoms. The van der Waals surface area contributed by atoms with E-state index in [0.717, 1.165) is 22.4 Å². The molecule has 5 nitrogen and oxygen atoms in total. The van der Waals surface area contributed by atoms with Crippen molar-refractivity contribution in [2.24, 2.45) is 0 Å². The molecule has 0 radical (unpaired) electrons. The van der Waals surface area contributed by atoms with E-state index in [1.165, 1.54) is 4.90 Å². The molecule has 1 aliphatic heterocycles. The summed E-state index contributed by atoms with van der Waals surface area (Å²) < 4.78 is 5.05. The monoisotopic (exact) mass is 364 g/mol. The summed E-state index contributed by atoms with van der Waals surface area (Å²) in [5.74, 6) is -0.565. The summed E-state index contributed by atoms with van der Waals surface area (Å²) in [4.78, 5) is 27.3. The summed E-state index contributed by atoms with van der Waals surface area (Å²) in [6.07, 6.45) is 0.604. The summed E-state index contributed by atoms with van der Waals surface area (Å²) in [5.41, 5.74) is 4.47. The van der Waals surface area contributed by atoms with Crippen molar-refractivity contribution in [3.8, 4) is 0 Å². The number of benzene rings is 2. The first kappa shape index (κ1) is 18.9. The van der Waals surface area contributed by atoms with Crippen molar-refractivity contribution in [1.82, 2.24) is 4.90 Å². The quantitative estimate of drug-likeness (QED) is 0.603. The van der Waals surface area contributed by atoms with Crippen molar-refractivity contribution in [2.45, 2.75) is 20.3 Å². The first-order valence-corrected chi connectivity index (χ1v) is 9.02. The zero-order valence-electron chi connectivity index (χ0n) is 15.9. The number of rotatable bonds is 7. The SMILES string of the molecule is COCCCN1C(=O)C(Nc2ccc(C)cc2C)=C(c2ccccc2)C1=O. The Balaban J connectivity index is 1.99. The number of anilines is 1. The Morgan fingerprint density at radius 3 is 2.41 bits per heavy atom. The number of amides is 2. The van der Waals surface area contributed by atoms with E-state index in [-0.39, 0.29) is 11.8 Å². The van der Waals surface area contributed by atoms with Gasteiger partial charge >= 0.3 is 0 Å². The second kappa shape index (κ2) is 8.18. The lowest BCUT2D eigenvalue weighted by Gasteiger charge is -2.15. The molecule has 2 amide bonds. The molecule has 2 aromatic carbocycles. The predicted octanol–water partition coefficient (Wildman–Crippen LogP) is 3.53. The van der Waals surface area contributed by atoms with Gasteiger partial charge in [0.05, 0.1) is 5.57 Å². The Morgan fingerprint density at radius 2 is 1.74 bits per heavy atom. The highest BCUT2D eigenvalue weighted by atomic mass is 16.5. The Labute approximate surface area is 159 Å². The van der Waals surface area contributed by atoms with E-state index < -0.39 is 0 Å². The Bertz CT molecular complexity index is 888. The number of carbonyl (C=O) groups is 2. The van der Waals surface area contributed by atoms with Gasteiger partial charge in [-0.2, -0.15) is 0 Å². The zero-order valence-corrected chi connectivity index (χ0v) is 15.9. The van der Waals surface area contributed by atoms with E-state index in [9.17, 15) is 9.59 Å². The summed E-state index contributed by atoms with van der Waals surface area (Å²) in [7, 11) is 1.61. The number of aryl methyl sites for hydroxylation is 2. The number of carbonyl (C=O) groups excluding carboxylic acids is 2. The van der Waals surface area contributed by atoms with Gasteiger partial charge in [0.15, 0.2) is 0 Å². The number of hydrogen-bond acceptors (Lipinski definition) is 4. The van der Waals surface area contributed by atoms with E-state index in [1.807, 2.05) is 62.4 Å². The van der Waals surface area contributed by atoms with Crippen LogP contribution in [-0.4, -0.2) is 37.0 Å². The minimum atomic E-state index is -0.296. The first-order valence-electron chi connectivity index (χ1n) is 9.02. The fourth-order valence-corrected chi connectivity index (χ4v) is 3.22. The summed E-state index contributed by atoms with van der Waals surface area (Å²) in [6.45, 7) is 4.83. The molecule has 0 saturated carbocycles. The highest BCUT2D eigenvalue weighted by Crippen LogP contribution is 2.31. The molecule has 2 aromatic rings. The molecule has 140 valence electrons. The summed E-state index contributed by atoms with van der Waals surface area (Å²) in [6, 6.07) is 15.3. The van der Waals surface area contributed by atoms with Gasteiger partial charge in [-0.05, 0) is 37.5 Å². The third-order valence-corrected chi connectivity index (χ3v) is 4.60. The van der Waals surface area contributed by atoms with Crippen molar-refractivity contribution in [3.63, 3.8) is 0 Å². The van der Waals surface area contributed by atoms with Crippen molar-refractivity contribution < 1.29 is 14.3 Å². The fourth-order valence-electron chi connectivity index (χ4n) is 3.22. The second-order valence-electron chi connectivity index (χ2n) is 6.67. The lowest BCUT2D eigenvalue weighted by molar-refractivity contribution is -0.136. The molecule has 0 atom stereocenters. The fraction of sp³-hybridized carbons (Fsp3) is 0.273. The van der Waals surface area contributed by atoms with Gasteiger partial charge in [0, 0.05) is 25.9 Å².